The van der Waals surface area contributed by atoms with Crippen LogP contribution in [0.3, 0.4) is 0 Å². The number of rotatable bonds is 26. The van der Waals surface area contributed by atoms with Gasteiger partial charge < -0.3 is 9.47 Å². The summed E-state index contributed by atoms with van der Waals surface area (Å²) in [5.74, 6) is 1.91. The summed E-state index contributed by atoms with van der Waals surface area (Å²) < 4.78 is 12.4. The van der Waals surface area contributed by atoms with E-state index in [-0.39, 0.29) is 0 Å². The molecule has 0 N–H and O–H groups in total. The van der Waals surface area contributed by atoms with E-state index >= 15 is 0 Å². The molecule has 2 nitrogen and oxygen atoms in total. The molecule has 0 unspecified atom stereocenters. The summed E-state index contributed by atoms with van der Waals surface area (Å²) in [6.07, 6.45) is 26.7. The summed E-state index contributed by atoms with van der Waals surface area (Å²) in [5.41, 5.74) is 4.95. The number of hydrogen-bond donors (Lipinski definition) is 0. The Balaban J connectivity index is 1.02. The Morgan fingerprint density at radius 2 is 0.633 bits per heavy atom. The number of hydrogen-bond acceptors (Lipinski definition) is 2. The Labute approximate surface area is 361 Å². The molecule has 0 aliphatic heterocycles. The average molecular weight is 799 g/mol. The minimum absolute atomic E-state index is 0.788. The summed E-state index contributed by atoms with van der Waals surface area (Å²) >= 11 is 0. The first-order chi connectivity index (χ1) is 29.7. The molecular formula is C58H70O2. The van der Waals surface area contributed by atoms with Gasteiger partial charge in [-0.15, -0.1) is 0 Å². The van der Waals surface area contributed by atoms with E-state index in [9.17, 15) is 0 Å². The molecule has 0 spiro atoms. The van der Waals surface area contributed by atoms with Gasteiger partial charge in [0.1, 0.15) is 11.5 Å². The molecule has 0 saturated heterocycles. The monoisotopic (exact) mass is 799 g/mol. The van der Waals surface area contributed by atoms with Crippen LogP contribution in [0, 0.1) is 0 Å². The van der Waals surface area contributed by atoms with Crippen molar-refractivity contribution in [3.63, 3.8) is 0 Å². The quantitative estimate of drug-likeness (QED) is 0.0309. The lowest BCUT2D eigenvalue weighted by molar-refractivity contribution is 0.304. The van der Waals surface area contributed by atoms with E-state index in [1.165, 1.54) is 181 Å². The lowest BCUT2D eigenvalue weighted by Crippen LogP contribution is -1.97. The number of benzene rings is 7. The Morgan fingerprint density at radius 3 is 1.00 bits per heavy atom. The zero-order valence-corrected chi connectivity index (χ0v) is 36.9. The lowest BCUT2D eigenvalue weighted by Gasteiger charge is -2.15. The van der Waals surface area contributed by atoms with Gasteiger partial charge in [-0.05, 0) is 127 Å². The normalized spacial score (nSPS) is 11.6. The molecule has 0 bridgehead atoms. The molecule has 0 fully saturated rings. The van der Waals surface area contributed by atoms with Crippen molar-refractivity contribution >= 4 is 43.1 Å². The molecule has 7 aromatic rings. The average Bonchev–Trinajstić information content (AvgIpc) is 3.29. The molecule has 2 heteroatoms. The van der Waals surface area contributed by atoms with Crippen LogP contribution in [0.25, 0.3) is 65.3 Å². The first-order valence-corrected chi connectivity index (χ1v) is 24.0. The van der Waals surface area contributed by atoms with Crippen molar-refractivity contribution in [3.8, 4) is 33.8 Å². The van der Waals surface area contributed by atoms with E-state index in [4.69, 9.17) is 9.47 Å². The molecule has 0 aliphatic carbocycles. The van der Waals surface area contributed by atoms with E-state index in [0.717, 1.165) is 37.6 Å². The van der Waals surface area contributed by atoms with Crippen molar-refractivity contribution < 1.29 is 9.47 Å². The van der Waals surface area contributed by atoms with Crippen LogP contribution < -0.4 is 9.47 Å². The Bertz CT molecular complexity index is 2190. The first-order valence-electron chi connectivity index (χ1n) is 24.0. The highest BCUT2D eigenvalue weighted by Gasteiger charge is 2.14. The maximum atomic E-state index is 6.20. The second kappa shape index (κ2) is 23.3. The molecule has 0 atom stereocenters. The van der Waals surface area contributed by atoms with Crippen molar-refractivity contribution in [1.29, 1.82) is 0 Å². The van der Waals surface area contributed by atoms with Crippen LogP contribution in [-0.4, -0.2) is 13.2 Å². The second-order valence-electron chi connectivity index (χ2n) is 17.3. The van der Waals surface area contributed by atoms with Crippen LogP contribution in [0.2, 0.25) is 0 Å². The Hall–Kier alpha value is -4.82. The van der Waals surface area contributed by atoms with Crippen LogP contribution in [0.5, 0.6) is 11.5 Å². The topological polar surface area (TPSA) is 18.5 Å². The van der Waals surface area contributed by atoms with Crippen LogP contribution in [0.1, 0.15) is 142 Å². The van der Waals surface area contributed by atoms with Crippen LogP contribution >= 0.6 is 0 Å². The number of unbranched alkanes of at least 4 members (excludes halogenated alkanes) is 18. The number of ether oxygens (including phenoxy) is 2. The molecule has 314 valence electrons. The van der Waals surface area contributed by atoms with E-state index < -0.39 is 0 Å². The Kier molecular flexibility index (Phi) is 16.8. The smallest absolute Gasteiger partial charge is 0.119 e. The standard InChI is InChI=1S/C58H70O2/c1-3-5-7-9-11-13-15-17-19-25-39-59-49-35-31-45(32-36-49)55-42-47-41-48-43-56(46-33-37-50(38-34-46)60-40-26-20-18-16-14-12-10-8-6-4-2)52-28-22-24-30-54(52)58(48)44-57(47)53-29-23-21-27-51(53)55/h21-24,27-38,41-44H,3-20,25-26,39-40H2,1-2H3. The van der Waals surface area contributed by atoms with Gasteiger partial charge in [0.15, 0.2) is 0 Å². The molecule has 7 aromatic carbocycles. The third kappa shape index (κ3) is 11.7. The van der Waals surface area contributed by atoms with E-state index in [1.807, 2.05) is 0 Å². The molecule has 7 rings (SSSR count). The van der Waals surface area contributed by atoms with Gasteiger partial charge in [-0.25, -0.2) is 0 Å². The maximum Gasteiger partial charge on any atom is 0.119 e. The third-order valence-electron chi connectivity index (χ3n) is 12.7. The third-order valence-corrected chi connectivity index (χ3v) is 12.7. The van der Waals surface area contributed by atoms with Crippen molar-refractivity contribution in [2.75, 3.05) is 13.2 Å². The highest BCUT2D eigenvalue weighted by molar-refractivity contribution is 6.22. The van der Waals surface area contributed by atoms with Gasteiger partial charge in [0.25, 0.3) is 0 Å². The van der Waals surface area contributed by atoms with Crippen molar-refractivity contribution in [3.05, 3.63) is 121 Å². The predicted octanol–water partition coefficient (Wildman–Crippen LogP) is 18.2. The minimum Gasteiger partial charge on any atom is -0.494 e. The van der Waals surface area contributed by atoms with Gasteiger partial charge in [-0.1, -0.05) is 202 Å². The van der Waals surface area contributed by atoms with Crippen LogP contribution in [0.4, 0.5) is 0 Å². The summed E-state index contributed by atoms with van der Waals surface area (Å²) in [6.45, 7) is 6.15. The fourth-order valence-electron chi connectivity index (χ4n) is 9.21. The molecule has 0 amide bonds. The summed E-state index contributed by atoms with van der Waals surface area (Å²) in [6, 6.07) is 45.0. The zero-order chi connectivity index (χ0) is 41.2. The highest BCUT2D eigenvalue weighted by atomic mass is 16.5. The molecule has 0 aliphatic rings. The van der Waals surface area contributed by atoms with Crippen molar-refractivity contribution in [2.24, 2.45) is 0 Å². The van der Waals surface area contributed by atoms with E-state index in [1.54, 1.807) is 0 Å². The van der Waals surface area contributed by atoms with Crippen LogP contribution in [-0.2, 0) is 0 Å². The fraction of sp³-hybridized carbons (Fsp3) is 0.414. The highest BCUT2D eigenvalue weighted by Crippen LogP contribution is 2.41. The predicted molar refractivity (Wildman–Crippen MR) is 262 cm³/mol. The maximum absolute atomic E-state index is 6.20. The van der Waals surface area contributed by atoms with Gasteiger partial charge in [-0.2, -0.15) is 0 Å². The molecule has 0 aromatic heterocycles. The Morgan fingerprint density at radius 1 is 0.300 bits per heavy atom. The van der Waals surface area contributed by atoms with Gasteiger partial charge in [-0.3, -0.25) is 0 Å². The van der Waals surface area contributed by atoms with Gasteiger partial charge >= 0.3 is 0 Å². The molecule has 60 heavy (non-hydrogen) atoms. The molecular weight excluding hydrogens is 729 g/mol. The van der Waals surface area contributed by atoms with E-state index in [0.29, 0.717) is 0 Å². The van der Waals surface area contributed by atoms with Crippen LogP contribution in [0.15, 0.2) is 121 Å². The molecule has 0 radical (unpaired) electrons. The van der Waals surface area contributed by atoms with Crippen molar-refractivity contribution in [1.82, 2.24) is 0 Å². The molecule has 0 heterocycles. The van der Waals surface area contributed by atoms with Crippen molar-refractivity contribution in [2.45, 2.75) is 142 Å². The summed E-state index contributed by atoms with van der Waals surface area (Å²) in [4.78, 5) is 0. The lowest BCUT2D eigenvalue weighted by atomic mass is 9.89. The SMILES string of the molecule is CCCCCCCCCCCCOc1ccc(-c2cc3cc4cc(-c5ccc(OCCCCCCCCCCCC)cc5)c5ccccc5c4cc3c3ccccc23)cc1. The second-order valence-corrected chi connectivity index (χ2v) is 17.3. The largest absolute Gasteiger partial charge is 0.494 e. The summed E-state index contributed by atoms with van der Waals surface area (Å²) in [5, 5.41) is 10.2. The fourth-order valence-corrected chi connectivity index (χ4v) is 9.21. The number of fused-ring (bicyclic) bond motifs is 6. The first kappa shape index (κ1) is 43.3. The van der Waals surface area contributed by atoms with E-state index in [2.05, 4.69) is 135 Å². The van der Waals surface area contributed by atoms with Gasteiger partial charge in [0, 0.05) is 0 Å². The zero-order valence-electron chi connectivity index (χ0n) is 36.9. The molecule has 0 saturated carbocycles. The minimum atomic E-state index is 0.788. The van der Waals surface area contributed by atoms with Gasteiger partial charge in [0.05, 0.1) is 13.2 Å². The summed E-state index contributed by atoms with van der Waals surface area (Å²) in [7, 11) is 0. The van der Waals surface area contributed by atoms with Gasteiger partial charge in [0.2, 0.25) is 0 Å².